The predicted molar refractivity (Wildman–Crippen MR) is 81.8 cm³/mol. The van der Waals surface area contributed by atoms with Crippen LogP contribution >= 0.6 is 0 Å². The summed E-state index contributed by atoms with van der Waals surface area (Å²) in [5, 5.41) is 8.84. The molecule has 3 nitrogen and oxygen atoms in total. The van der Waals surface area contributed by atoms with Crippen molar-refractivity contribution in [1.82, 2.24) is 4.90 Å². The van der Waals surface area contributed by atoms with Gasteiger partial charge in [0.25, 0.3) is 0 Å². The minimum atomic E-state index is -0.644. The van der Waals surface area contributed by atoms with Gasteiger partial charge < -0.3 is 5.11 Å². The average Bonchev–Trinajstić information content (AvgIpc) is 2.35. The quantitative estimate of drug-likeness (QED) is 0.852. The maximum absolute atomic E-state index is 10.7. The molecule has 0 spiro atoms. The summed E-state index contributed by atoms with van der Waals surface area (Å²) in [5.74, 6) is 0.730. The van der Waals surface area contributed by atoms with Gasteiger partial charge in [0.15, 0.2) is 0 Å². The summed E-state index contributed by atoms with van der Waals surface area (Å²) in [5.41, 5.74) is 0.508. The first-order valence-electron chi connectivity index (χ1n) is 8.33. The van der Waals surface area contributed by atoms with E-state index in [0.717, 1.165) is 24.9 Å². The zero-order valence-corrected chi connectivity index (χ0v) is 13.4. The normalized spacial score (nSPS) is 34.9. The van der Waals surface area contributed by atoms with E-state index in [2.05, 4.69) is 25.7 Å². The molecule has 3 heteroatoms. The Bertz CT molecular complexity index is 340. The third kappa shape index (κ3) is 4.21. The van der Waals surface area contributed by atoms with Gasteiger partial charge in [-0.3, -0.25) is 9.69 Å². The Hall–Kier alpha value is -0.570. The maximum atomic E-state index is 10.7. The zero-order chi connectivity index (χ0) is 14.8. The fourth-order valence-electron chi connectivity index (χ4n) is 4.44. The number of nitrogens with zero attached hydrogens (tertiary/aromatic N) is 1. The SMILES string of the molecule is CC1CC(C)(C)CCC1N1CCCC(CCC(=O)O)C1. The number of likely N-dealkylation sites (tertiary alicyclic amines) is 1. The van der Waals surface area contributed by atoms with Crippen molar-refractivity contribution in [3.05, 3.63) is 0 Å². The summed E-state index contributed by atoms with van der Waals surface area (Å²) in [6.45, 7) is 9.55. The van der Waals surface area contributed by atoms with Crippen LogP contribution in [0.3, 0.4) is 0 Å². The van der Waals surface area contributed by atoms with Gasteiger partial charge in [-0.25, -0.2) is 0 Å². The van der Waals surface area contributed by atoms with E-state index in [1.54, 1.807) is 0 Å². The van der Waals surface area contributed by atoms with E-state index in [4.69, 9.17) is 5.11 Å². The minimum absolute atomic E-state index is 0.339. The monoisotopic (exact) mass is 281 g/mol. The maximum Gasteiger partial charge on any atom is 0.303 e. The van der Waals surface area contributed by atoms with Gasteiger partial charge >= 0.3 is 5.97 Å². The van der Waals surface area contributed by atoms with E-state index >= 15 is 0 Å². The third-order valence-corrected chi connectivity index (χ3v) is 5.43. The summed E-state index contributed by atoms with van der Waals surface area (Å²) >= 11 is 0. The molecule has 1 aliphatic carbocycles. The van der Waals surface area contributed by atoms with Gasteiger partial charge in [0, 0.05) is 19.0 Å². The smallest absolute Gasteiger partial charge is 0.303 e. The van der Waals surface area contributed by atoms with E-state index in [1.807, 2.05) is 0 Å². The molecule has 1 N–H and O–H groups in total. The molecule has 0 aromatic rings. The second kappa shape index (κ2) is 6.46. The molecule has 1 aliphatic heterocycles. The number of aliphatic carboxylic acids is 1. The van der Waals surface area contributed by atoms with Crippen molar-refractivity contribution in [2.75, 3.05) is 13.1 Å². The van der Waals surface area contributed by atoms with Crippen LogP contribution in [0.5, 0.6) is 0 Å². The third-order valence-electron chi connectivity index (χ3n) is 5.43. The van der Waals surface area contributed by atoms with Crippen LogP contribution in [-0.2, 0) is 4.79 Å². The van der Waals surface area contributed by atoms with Crippen LogP contribution in [0, 0.1) is 17.3 Å². The highest BCUT2D eigenvalue weighted by molar-refractivity contribution is 5.66. The number of hydrogen-bond donors (Lipinski definition) is 1. The first-order chi connectivity index (χ1) is 9.37. The molecule has 116 valence electrons. The van der Waals surface area contributed by atoms with Crippen LogP contribution < -0.4 is 0 Å². The summed E-state index contributed by atoms with van der Waals surface area (Å²) in [6.07, 6.45) is 7.64. The van der Waals surface area contributed by atoms with Gasteiger partial charge in [-0.05, 0) is 62.3 Å². The van der Waals surface area contributed by atoms with E-state index in [-0.39, 0.29) is 0 Å². The van der Waals surface area contributed by atoms with Gasteiger partial charge in [-0.2, -0.15) is 0 Å². The fraction of sp³-hybridized carbons (Fsp3) is 0.941. The topological polar surface area (TPSA) is 40.5 Å². The van der Waals surface area contributed by atoms with Crippen molar-refractivity contribution in [2.24, 2.45) is 17.3 Å². The van der Waals surface area contributed by atoms with Crippen LogP contribution in [0.2, 0.25) is 0 Å². The molecule has 3 atom stereocenters. The van der Waals surface area contributed by atoms with Crippen molar-refractivity contribution < 1.29 is 9.90 Å². The molecular weight excluding hydrogens is 250 g/mol. The number of rotatable bonds is 4. The standard InChI is InChI=1S/C17H31NO2/c1-13-11-17(2,3)9-8-15(13)18-10-4-5-14(12-18)6-7-16(19)20/h13-15H,4-12H2,1-3H3,(H,19,20). The Labute approximate surface area is 123 Å². The Morgan fingerprint density at radius 2 is 2.10 bits per heavy atom. The van der Waals surface area contributed by atoms with Gasteiger partial charge in [0.05, 0.1) is 0 Å². The number of carbonyl (C=O) groups is 1. The Kier molecular flexibility index (Phi) is 5.11. The molecule has 1 saturated heterocycles. The second-order valence-electron chi connectivity index (χ2n) is 7.89. The Balaban J connectivity index is 1.87. The number of hydrogen-bond acceptors (Lipinski definition) is 2. The fourth-order valence-corrected chi connectivity index (χ4v) is 4.44. The predicted octanol–water partition coefficient (Wildman–Crippen LogP) is 3.78. The van der Waals surface area contributed by atoms with Crippen LogP contribution in [0.1, 0.15) is 65.7 Å². The lowest BCUT2D eigenvalue weighted by Crippen LogP contribution is -2.48. The number of carboxylic acids is 1. The van der Waals surface area contributed by atoms with Crippen molar-refractivity contribution in [3.8, 4) is 0 Å². The van der Waals surface area contributed by atoms with E-state index in [1.165, 1.54) is 38.6 Å². The van der Waals surface area contributed by atoms with Gasteiger partial charge in [0.2, 0.25) is 0 Å². The molecular formula is C17H31NO2. The van der Waals surface area contributed by atoms with Crippen molar-refractivity contribution in [2.45, 2.75) is 71.8 Å². The highest BCUT2D eigenvalue weighted by atomic mass is 16.4. The molecule has 0 aromatic carbocycles. The van der Waals surface area contributed by atoms with Crippen LogP contribution in [0.25, 0.3) is 0 Å². The van der Waals surface area contributed by atoms with Gasteiger partial charge in [-0.15, -0.1) is 0 Å². The van der Waals surface area contributed by atoms with Crippen molar-refractivity contribution in [3.63, 3.8) is 0 Å². The molecule has 1 saturated carbocycles. The lowest BCUT2D eigenvalue weighted by atomic mass is 9.69. The molecule has 0 bridgehead atoms. The van der Waals surface area contributed by atoms with Crippen molar-refractivity contribution in [1.29, 1.82) is 0 Å². The Morgan fingerprint density at radius 1 is 1.35 bits per heavy atom. The molecule has 1 heterocycles. The molecule has 0 aromatic heterocycles. The molecule has 3 unspecified atom stereocenters. The molecule has 2 fully saturated rings. The molecule has 2 aliphatic rings. The summed E-state index contributed by atoms with van der Waals surface area (Å²) in [4.78, 5) is 13.4. The first-order valence-corrected chi connectivity index (χ1v) is 8.33. The lowest BCUT2D eigenvalue weighted by Gasteiger charge is -2.47. The molecule has 0 radical (unpaired) electrons. The van der Waals surface area contributed by atoms with Crippen LogP contribution in [0.15, 0.2) is 0 Å². The largest absolute Gasteiger partial charge is 0.481 e. The number of piperidine rings is 1. The summed E-state index contributed by atoms with van der Waals surface area (Å²) in [7, 11) is 0. The highest BCUT2D eigenvalue weighted by Gasteiger charge is 2.36. The van der Waals surface area contributed by atoms with Gasteiger partial charge in [-0.1, -0.05) is 20.8 Å². The average molecular weight is 281 g/mol. The zero-order valence-electron chi connectivity index (χ0n) is 13.4. The number of carboxylic acid groups (broad SMARTS) is 1. The minimum Gasteiger partial charge on any atom is -0.481 e. The molecule has 2 rings (SSSR count). The first kappa shape index (κ1) is 15.8. The Morgan fingerprint density at radius 3 is 2.75 bits per heavy atom. The van der Waals surface area contributed by atoms with Gasteiger partial charge in [0.1, 0.15) is 0 Å². The van der Waals surface area contributed by atoms with Crippen LogP contribution in [0.4, 0.5) is 0 Å². The highest BCUT2D eigenvalue weighted by Crippen LogP contribution is 2.41. The van der Waals surface area contributed by atoms with Crippen molar-refractivity contribution >= 4 is 5.97 Å². The lowest BCUT2D eigenvalue weighted by molar-refractivity contribution is -0.137. The van der Waals surface area contributed by atoms with E-state index in [0.29, 0.717) is 17.8 Å². The van der Waals surface area contributed by atoms with E-state index in [9.17, 15) is 4.79 Å². The molecule has 0 amide bonds. The summed E-state index contributed by atoms with van der Waals surface area (Å²) < 4.78 is 0. The van der Waals surface area contributed by atoms with Crippen LogP contribution in [-0.4, -0.2) is 35.1 Å². The van der Waals surface area contributed by atoms with E-state index < -0.39 is 5.97 Å². The second-order valence-corrected chi connectivity index (χ2v) is 7.89. The summed E-state index contributed by atoms with van der Waals surface area (Å²) in [6, 6.07) is 0.732. The molecule has 20 heavy (non-hydrogen) atoms.